The summed E-state index contributed by atoms with van der Waals surface area (Å²) in [6, 6.07) is 3.74. The summed E-state index contributed by atoms with van der Waals surface area (Å²) in [7, 11) is -4.02. The van der Waals surface area contributed by atoms with Crippen LogP contribution in [0.5, 0.6) is 0 Å². The molecule has 1 aromatic carbocycles. The smallest absolute Gasteiger partial charge is 0.247 e. The molecule has 0 aliphatic carbocycles. The lowest BCUT2D eigenvalue weighted by Crippen LogP contribution is -2.41. The zero-order valence-corrected chi connectivity index (χ0v) is 12.8. The van der Waals surface area contributed by atoms with Gasteiger partial charge in [-0.2, -0.15) is 4.31 Å². The van der Waals surface area contributed by atoms with Gasteiger partial charge in [0.25, 0.3) is 0 Å². The van der Waals surface area contributed by atoms with Gasteiger partial charge in [0, 0.05) is 19.5 Å². The molecule has 8 heteroatoms. The minimum absolute atomic E-state index is 0.122. The monoisotopic (exact) mass is 334 g/mol. The molecule has 2 N–H and O–H groups in total. The van der Waals surface area contributed by atoms with Crippen molar-refractivity contribution in [3.63, 3.8) is 0 Å². The standard InChI is InChI=1S/C13H16ClFN2O3S/c14-10-4-1-5-11(15)13(10)21(19,20)17-6-2-3-9(8-17)7-12(16)18/h1,4-5,9H,2-3,6-8H2,(H2,16,18)/t9-/m1/s1. The van der Waals surface area contributed by atoms with Crippen LogP contribution in [0.25, 0.3) is 0 Å². The first-order chi connectivity index (χ1) is 9.82. The fourth-order valence-electron chi connectivity index (χ4n) is 2.55. The summed E-state index contributed by atoms with van der Waals surface area (Å²) in [5.41, 5.74) is 5.15. The van der Waals surface area contributed by atoms with E-state index in [9.17, 15) is 17.6 Å². The second-order valence-electron chi connectivity index (χ2n) is 5.09. The zero-order valence-electron chi connectivity index (χ0n) is 11.3. The van der Waals surface area contributed by atoms with Crippen LogP contribution >= 0.6 is 11.6 Å². The molecule has 1 fully saturated rings. The van der Waals surface area contributed by atoms with Crippen molar-refractivity contribution in [1.29, 1.82) is 0 Å². The van der Waals surface area contributed by atoms with Crippen LogP contribution in [0.15, 0.2) is 23.1 Å². The Bertz CT molecular complexity index is 631. The maximum absolute atomic E-state index is 13.8. The van der Waals surface area contributed by atoms with Crippen molar-refractivity contribution >= 4 is 27.5 Å². The van der Waals surface area contributed by atoms with E-state index in [1.807, 2.05) is 0 Å². The lowest BCUT2D eigenvalue weighted by molar-refractivity contribution is -0.119. The van der Waals surface area contributed by atoms with Gasteiger partial charge in [-0.3, -0.25) is 4.79 Å². The van der Waals surface area contributed by atoms with Crippen molar-refractivity contribution in [2.75, 3.05) is 13.1 Å². The molecule has 0 unspecified atom stereocenters. The van der Waals surface area contributed by atoms with Gasteiger partial charge in [0.2, 0.25) is 15.9 Å². The Balaban J connectivity index is 2.29. The van der Waals surface area contributed by atoms with E-state index in [1.54, 1.807) is 0 Å². The number of nitrogens with zero attached hydrogens (tertiary/aromatic N) is 1. The van der Waals surface area contributed by atoms with Gasteiger partial charge >= 0.3 is 0 Å². The first-order valence-electron chi connectivity index (χ1n) is 6.55. The van der Waals surface area contributed by atoms with Gasteiger partial charge in [0.1, 0.15) is 10.7 Å². The predicted molar refractivity (Wildman–Crippen MR) is 76.7 cm³/mol. The first-order valence-corrected chi connectivity index (χ1v) is 8.36. The van der Waals surface area contributed by atoms with Crippen molar-refractivity contribution in [3.05, 3.63) is 29.0 Å². The second-order valence-corrected chi connectivity index (χ2v) is 7.37. The van der Waals surface area contributed by atoms with E-state index in [1.165, 1.54) is 16.4 Å². The topological polar surface area (TPSA) is 80.5 Å². The molecule has 0 aromatic heterocycles. The summed E-state index contributed by atoms with van der Waals surface area (Å²) < 4.78 is 40.1. The number of piperidine rings is 1. The molecule has 1 aliphatic heterocycles. The van der Waals surface area contributed by atoms with E-state index in [4.69, 9.17) is 17.3 Å². The summed E-state index contributed by atoms with van der Waals surface area (Å²) in [6.07, 6.45) is 1.44. The molecule has 1 saturated heterocycles. The van der Waals surface area contributed by atoms with Gasteiger partial charge in [0.05, 0.1) is 5.02 Å². The number of hydrogen-bond donors (Lipinski definition) is 1. The van der Waals surface area contributed by atoms with Gasteiger partial charge in [-0.05, 0) is 30.9 Å². The van der Waals surface area contributed by atoms with Crippen LogP contribution < -0.4 is 5.73 Å². The number of halogens is 2. The number of hydrogen-bond acceptors (Lipinski definition) is 3. The average molecular weight is 335 g/mol. The SMILES string of the molecule is NC(=O)C[C@H]1CCCN(S(=O)(=O)c2c(F)cccc2Cl)C1. The maximum Gasteiger partial charge on any atom is 0.247 e. The number of nitrogens with two attached hydrogens (primary N) is 1. The van der Waals surface area contributed by atoms with E-state index in [0.29, 0.717) is 6.42 Å². The lowest BCUT2D eigenvalue weighted by atomic mass is 9.96. The van der Waals surface area contributed by atoms with Crippen molar-refractivity contribution in [2.45, 2.75) is 24.2 Å². The summed E-state index contributed by atoms with van der Waals surface area (Å²) in [5.74, 6) is -1.49. The first kappa shape index (κ1) is 16.2. The molecule has 0 radical (unpaired) electrons. The molecule has 116 valence electrons. The molecule has 1 amide bonds. The highest BCUT2D eigenvalue weighted by Crippen LogP contribution is 2.30. The molecular weight excluding hydrogens is 319 g/mol. The Morgan fingerprint density at radius 1 is 1.48 bits per heavy atom. The van der Waals surface area contributed by atoms with Crippen LogP contribution in [0, 0.1) is 11.7 Å². The number of rotatable bonds is 4. The van der Waals surface area contributed by atoms with Crippen LogP contribution in [-0.2, 0) is 14.8 Å². The number of sulfonamides is 1. The van der Waals surface area contributed by atoms with Gasteiger partial charge < -0.3 is 5.73 Å². The fraction of sp³-hybridized carbons (Fsp3) is 0.462. The third-order valence-corrected chi connectivity index (χ3v) is 5.86. The Labute approximate surface area is 127 Å². The lowest BCUT2D eigenvalue weighted by Gasteiger charge is -2.31. The fourth-order valence-corrected chi connectivity index (χ4v) is 4.67. The van der Waals surface area contributed by atoms with Crippen molar-refractivity contribution < 1.29 is 17.6 Å². The molecule has 1 aromatic rings. The zero-order chi connectivity index (χ0) is 15.6. The quantitative estimate of drug-likeness (QED) is 0.911. The van der Waals surface area contributed by atoms with Crippen LogP contribution in [0.4, 0.5) is 4.39 Å². The van der Waals surface area contributed by atoms with Crippen LogP contribution in [-0.4, -0.2) is 31.7 Å². The third kappa shape index (κ3) is 3.53. The predicted octanol–water partition coefficient (Wildman–Crippen LogP) is 1.76. The minimum atomic E-state index is -4.02. The van der Waals surface area contributed by atoms with Crippen molar-refractivity contribution in [1.82, 2.24) is 4.31 Å². The number of amides is 1. The van der Waals surface area contributed by atoms with E-state index >= 15 is 0 Å². The van der Waals surface area contributed by atoms with E-state index in [-0.39, 0.29) is 30.5 Å². The maximum atomic E-state index is 13.8. The normalized spacial score (nSPS) is 20.4. The molecular formula is C13H16ClFN2O3S. The van der Waals surface area contributed by atoms with Gasteiger partial charge in [0.15, 0.2) is 0 Å². The molecule has 0 saturated carbocycles. The summed E-state index contributed by atoms with van der Waals surface area (Å²) in [4.78, 5) is 10.5. The van der Waals surface area contributed by atoms with Crippen molar-refractivity contribution in [3.8, 4) is 0 Å². The third-order valence-electron chi connectivity index (χ3n) is 3.49. The highest BCUT2D eigenvalue weighted by Gasteiger charge is 2.33. The molecule has 21 heavy (non-hydrogen) atoms. The van der Waals surface area contributed by atoms with Crippen LogP contribution in [0.2, 0.25) is 5.02 Å². The molecule has 5 nitrogen and oxygen atoms in total. The number of carbonyl (C=O) groups is 1. The van der Waals surface area contributed by atoms with E-state index in [0.717, 1.165) is 12.5 Å². The molecule has 2 rings (SSSR count). The Kier molecular flexibility index (Phi) is 4.85. The van der Waals surface area contributed by atoms with Crippen LogP contribution in [0.1, 0.15) is 19.3 Å². The van der Waals surface area contributed by atoms with Gasteiger partial charge in [-0.15, -0.1) is 0 Å². The molecule has 0 spiro atoms. The number of benzene rings is 1. The number of primary amides is 1. The highest BCUT2D eigenvalue weighted by atomic mass is 35.5. The molecule has 1 atom stereocenters. The van der Waals surface area contributed by atoms with E-state index in [2.05, 4.69) is 0 Å². The molecule has 0 bridgehead atoms. The molecule has 1 heterocycles. The Hall–Kier alpha value is -1.18. The van der Waals surface area contributed by atoms with E-state index < -0.39 is 26.6 Å². The highest BCUT2D eigenvalue weighted by molar-refractivity contribution is 7.89. The molecule has 1 aliphatic rings. The van der Waals surface area contributed by atoms with Gasteiger partial charge in [-0.25, -0.2) is 12.8 Å². The van der Waals surface area contributed by atoms with Gasteiger partial charge in [-0.1, -0.05) is 17.7 Å². The summed E-state index contributed by atoms with van der Waals surface area (Å²) >= 11 is 5.83. The Morgan fingerprint density at radius 3 is 2.81 bits per heavy atom. The average Bonchev–Trinajstić information content (AvgIpc) is 2.37. The summed E-state index contributed by atoms with van der Waals surface area (Å²) in [5, 5.41) is -0.146. The van der Waals surface area contributed by atoms with Crippen molar-refractivity contribution in [2.24, 2.45) is 11.7 Å². The largest absolute Gasteiger partial charge is 0.370 e. The Morgan fingerprint density at radius 2 is 2.19 bits per heavy atom. The van der Waals surface area contributed by atoms with Crippen LogP contribution in [0.3, 0.4) is 0 Å². The number of carbonyl (C=O) groups excluding carboxylic acids is 1. The second kappa shape index (κ2) is 6.29. The summed E-state index contributed by atoms with van der Waals surface area (Å²) in [6.45, 7) is 0.429. The minimum Gasteiger partial charge on any atom is -0.370 e.